The van der Waals surface area contributed by atoms with Gasteiger partial charge in [-0.15, -0.1) is 0 Å². The molecular weight excluding hydrogens is 192 g/mol. The Morgan fingerprint density at radius 3 is 1.62 bits per heavy atom. The Balaban J connectivity index is 0.000000165. The average Bonchev–Trinajstić information content (AvgIpc) is 2.79. The van der Waals surface area contributed by atoms with Gasteiger partial charge in [0, 0.05) is 0 Å². The molecule has 0 spiro atoms. The highest BCUT2D eigenvalue weighted by atomic mass is 14.3. The van der Waals surface area contributed by atoms with E-state index in [1.54, 1.807) is 0 Å². The van der Waals surface area contributed by atoms with Crippen LogP contribution in [0.25, 0.3) is 0 Å². The SMILES string of the molecule is CC(C)(C)CC1CCC1.CC(C)CC1CC1. The standard InChI is InChI=1S/C9H18.C7H14/c1-9(2,3)7-8-5-4-6-8;1-6(2)5-7-3-4-7/h8H,4-7H2,1-3H3;6-7H,3-5H2,1-2H3. The van der Waals surface area contributed by atoms with E-state index in [4.69, 9.17) is 0 Å². The molecule has 0 saturated heterocycles. The first-order chi connectivity index (χ1) is 7.37. The van der Waals surface area contributed by atoms with E-state index in [0.29, 0.717) is 5.41 Å². The summed E-state index contributed by atoms with van der Waals surface area (Å²) < 4.78 is 0. The topological polar surface area (TPSA) is 0 Å². The van der Waals surface area contributed by atoms with E-state index >= 15 is 0 Å². The lowest BCUT2D eigenvalue weighted by molar-refractivity contribution is 0.207. The van der Waals surface area contributed by atoms with Gasteiger partial charge in [0.05, 0.1) is 0 Å². The maximum atomic E-state index is 2.34. The Morgan fingerprint density at radius 1 is 0.938 bits per heavy atom. The van der Waals surface area contributed by atoms with Gasteiger partial charge in [0.25, 0.3) is 0 Å². The first-order valence-electron chi connectivity index (χ1n) is 7.37. The van der Waals surface area contributed by atoms with Gasteiger partial charge in [-0.25, -0.2) is 0 Å². The van der Waals surface area contributed by atoms with E-state index in [0.717, 1.165) is 17.8 Å². The van der Waals surface area contributed by atoms with Crippen molar-refractivity contribution >= 4 is 0 Å². The van der Waals surface area contributed by atoms with Crippen LogP contribution in [0.3, 0.4) is 0 Å². The monoisotopic (exact) mass is 224 g/mol. The van der Waals surface area contributed by atoms with Gasteiger partial charge < -0.3 is 0 Å². The van der Waals surface area contributed by atoms with Gasteiger partial charge in [-0.3, -0.25) is 0 Å². The second kappa shape index (κ2) is 6.07. The fourth-order valence-corrected chi connectivity index (χ4v) is 2.58. The van der Waals surface area contributed by atoms with Crippen LogP contribution in [0.2, 0.25) is 0 Å². The molecule has 0 atom stereocenters. The van der Waals surface area contributed by atoms with Gasteiger partial charge in [0.2, 0.25) is 0 Å². The average molecular weight is 224 g/mol. The van der Waals surface area contributed by atoms with E-state index in [-0.39, 0.29) is 0 Å². The summed E-state index contributed by atoms with van der Waals surface area (Å²) in [4.78, 5) is 0. The van der Waals surface area contributed by atoms with Crippen LogP contribution in [0.4, 0.5) is 0 Å². The Labute approximate surface area is 103 Å². The molecule has 0 aromatic rings. The van der Waals surface area contributed by atoms with E-state index in [9.17, 15) is 0 Å². The van der Waals surface area contributed by atoms with Crippen LogP contribution >= 0.6 is 0 Å². The van der Waals surface area contributed by atoms with Crippen molar-refractivity contribution in [3.63, 3.8) is 0 Å². The first-order valence-corrected chi connectivity index (χ1v) is 7.37. The minimum absolute atomic E-state index is 0.574. The summed E-state index contributed by atoms with van der Waals surface area (Å²) in [7, 11) is 0. The molecule has 16 heavy (non-hydrogen) atoms. The highest BCUT2D eigenvalue weighted by molar-refractivity contribution is 4.75. The molecule has 0 N–H and O–H groups in total. The summed E-state index contributed by atoms with van der Waals surface area (Å²) in [5.41, 5.74) is 0.574. The minimum atomic E-state index is 0.574. The fraction of sp³-hybridized carbons (Fsp3) is 1.00. The number of hydrogen-bond donors (Lipinski definition) is 0. The highest BCUT2D eigenvalue weighted by Gasteiger charge is 2.23. The minimum Gasteiger partial charge on any atom is -0.0628 e. The third-order valence-corrected chi connectivity index (χ3v) is 3.63. The lowest BCUT2D eigenvalue weighted by atomic mass is 9.74. The Hall–Kier alpha value is 0. The molecule has 96 valence electrons. The highest BCUT2D eigenvalue weighted by Crippen LogP contribution is 2.36. The van der Waals surface area contributed by atoms with Crippen LogP contribution < -0.4 is 0 Å². The van der Waals surface area contributed by atoms with Gasteiger partial charge in [0.1, 0.15) is 0 Å². The second-order valence-electron chi connectivity index (χ2n) is 7.63. The molecule has 2 aliphatic carbocycles. The molecule has 0 unspecified atom stereocenters. The molecule has 0 bridgehead atoms. The van der Waals surface area contributed by atoms with Crippen LogP contribution in [0.1, 0.15) is 79.6 Å². The van der Waals surface area contributed by atoms with Crippen molar-refractivity contribution < 1.29 is 0 Å². The lowest BCUT2D eigenvalue weighted by Gasteiger charge is -2.31. The van der Waals surface area contributed by atoms with Crippen molar-refractivity contribution in [3.8, 4) is 0 Å². The third kappa shape index (κ3) is 7.30. The molecule has 0 aliphatic heterocycles. The molecule has 2 fully saturated rings. The first kappa shape index (κ1) is 14.1. The fourth-order valence-electron chi connectivity index (χ4n) is 2.58. The van der Waals surface area contributed by atoms with Gasteiger partial charge in [-0.05, 0) is 36.0 Å². The normalized spacial score (nSPS) is 21.4. The third-order valence-electron chi connectivity index (χ3n) is 3.63. The van der Waals surface area contributed by atoms with Gasteiger partial charge in [-0.1, -0.05) is 66.7 Å². The molecule has 0 amide bonds. The zero-order valence-electron chi connectivity index (χ0n) is 12.2. The van der Waals surface area contributed by atoms with E-state index < -0.39 is 0 Å². The zero-order valence-corrected chi connectivity index (χ0v) is 12.2. The molecule has 2 rings (SSSR count). The van der Waals surface area contributed by atoms with Crippen molar-refractivity contribution in [1.82, 2.24) is 0 Å². The largest absolute Gasteiger partial charge is 0.0628 e. The van der Waals surface area contributed by atoms with E-state index in [1.165, 1.54) is 44.9 Å². The van der Waals surface area contributed by atoms with E-state index in [1.807, 2.05) is 0 Å². The Morgan fingerprint density at radius 2 is 1.50 bits per heavy atom. The van der Waals surface area contributed by atoms with Crippen LogP contribution in [-0.4, -0.2) is 0 Å². The number of rotatable bonds is 3. The van der Waals surface area contributed by atoms with Crippen molar-refractivity contribution in [2.75, 3.05) is 0 Å². The molecule has 0 aromatic heterocycles. The van der Waals surface area contributed by atoms with Crippen LogP contribution in [0.15, 0.2) is 0 Å². The predicted octanol–water partition coefficient (Wildman–Crippen LogP) is 5.67. The summed E-state index contributed by atoms with van der Waals surface area (Å²) in [6.45, 7) is 11.6. The smallest absolute Gasteiger partial charge is 0.0380 e. The molecule has 0 heteroatoms. The molecular formula is C16H32. The summed E-state index contributed by atoms with van der Waals surface area (Å²) >= 11 is 0. The molecule has 2 saturated carbocycles. The van der Waals surface area contributed by atoms with Gasteiger partial charge in [-0.2, -0.15) is 0 Å². The lowest BCUT2D eigenvalue weighted by Crippen LogP contribution is -2.18. The van der Waals surface area contributed by atoms with E-state index in [2.05, 4.69) is 34.6 Å². The van der Waals surface area contributed by atoms with Gasteiger partial charge >= 0.3 is 0 Å². The van der Waals surface area contributed by atoms with Crippen molar-refractivity contribution in [3.05, 3.63) is 0 Å². The molecule has 0 radical (unpaired) electrons. The molecule has 2 aliphatic rings. The number of hydrogen-bond acceptors (Lipinski definition) is 0. The Kier molecular flexibility index (Phi) is 5.34. The van der Waals surface area contributed by atoms with Crippen LogP contribution in [0.5, 0.6) is 0 Å². The maximum absolute atomic E-state index is 2.34. The van der Waals surface area contributed by atoms with Crippen molar-refractivity contribution in [1.29, 1.82) is 0 Å². The molecule has 0 heterocycles. The molecule has 0 nitrogen and oxygen atoms in total. The summed E-state index contributed by atoms with van der Waals surface area (Å²) in [6.07, 6.45) is 10.4. The summed E-state index contributed by atoms with van der Waals surface area (Å²) in [6, 6.07) is 0. The maximum Gasteiger partial charge on any atom is -0.0380 e. The quantitative estimate of drug-likeness (QED) is 0.580. The van der Waals surface area contributed by atoms with Crippen molar-refractivity contribution in [2.24, 2.45) is 23.2 Å². The van der Waals surface area contributed by atoms with Crippen molar-refractivity contribution in [2.45, 2.75) is 79.6 Å². The molecule has 0 aromatic carbocycles. The Bertz CT molecular complexity index is 177. The van der Waals surface area contributed by atoms with Crippen LogP contribution in [0, 0.1) is 23.2 Å². The summed E-state index contributed by atoms with van der Waals surface area (Å²) in [5, 5.41) is 0. The van der Waals surface area contributed by atoms with Gasteiger partial charge in [0.15, 0.2) is 0 Å². The second-order valence-corrected chi connectivity index (χ2v) is 7.63. The zero-order chi connectivity index (χ0) is 12.2. The van der Waals surface area contributed by atoms with Crippen LogP contribution in [-0.2, 0) is 0 Å². The predicted molar refractivity (Wildman–Crippen MR) is 73.6 cm³/mol. The summed E-state index contributed by atoms with van der Waals surface area (Å²) in [5.74, 6) is 3.14.